The van der Waals surface area contributed by atoms with Crippen LogP contribution in [0, 0.1) is 11.2 Å². The number of ketones is 2. The van der Waals surface area contributed by atoms with Gasteiger partial charge in [-0.25, -0.2) is 14.4 Å². The summed E-state index contributed by atoms with van der Waals surface area (Å²) in [7, 11) is 0. The van der Waals surface area contributed by atoms with Crippen molar-refractivity contribution in [3.8, 4) is 11.6 Å². The van der Waals surface area contributed by atoms with Gasteiger partial charge in [-0.1, -0.05) is 26.8 Å². The van der Waals surface area contributed by atoms with E-state index in [1.54, 1.807) is 12.1 Å². The number of aromatic nitrogens is 2. The number of fused-ring (bicyclic) bond motifs is 1. The van der Waals surface area contributed by atoms with E-state index < -0.39 is 5.92 Å². The summed E-state index contributed by atoms with van der Waals surface area (Å²) in [6, 6.07) is 9.60. The first-order valence-electron chi connectivity index (χ1n) is 10.0. The second-order valence-corrected chi connectivity index (χ2v) is 8.54. The molecule has 3 aromatic rings. The Morgan fingerprint density at radius 1 is 1.07 bits per heavy atom. The Kier molecular flexibility index (Phi) is 5.10. The van der Waals surface area contributed by atoms with Gasteiger partial charge in [-0.3, -0.25) is 9.59 Å². The smallest absolute Gasteiger partial charge is 0.238 e. The lowest BCUT2D eigenvalue weighted by atomic mass is 9.69. The number of rotatable bonds is 4. The molecule has 1 aromatic heterocycles. The summed E-state index contributed by atoms with van der Waals surface area (Å²) >= 11 is 0. The van der Waals surface area contributed by atoms with E-state index in [1.165, 1.54) is 24.4 Å². The van der Waals surface area contributed by atoms with Gasteiger partial charge in [0.05, 0.1) is 17.2 Å². The fourth-order valence-electron chi connectivity index (χ4n) is 4.10. The Balaban J connectivity index is 1.67. The minimum atomic E-state index is -0.748. The quantitative estimate of drug-likeness (QED) is 0.560. The Morgan fingerprint density at radius 3 is 2.50 bits per heavy atom. The van der Waals surface area contributed by atoms with Crippen molar-refractivity contribution in [3.63, 3.8) is 0 Å². The zero-order valence-electron chi connectivity index (χ0n) is 17.2. The van der Waals surface area contributed by atoms with Crippen LogP contribution >= 0.6 is 0 Å². The largest absolute Gasteiger partial charge is 0.437 e. The van der Waals surface area contributed by atoms with E-state index in [4.69, 9.17) is 4.74 Å². The van der Waals surface area contributed by atoms with Crippen molar-refractivity contribution in [2.45, 2.75) is 46.0 Å². The minimum Gasteiger partial charge on any atom is -0.437 e. The zero-order valence-corrected chi connectivity index (χ0v) is 17.2. The highest BCUT2D eigenvalue weighted by Crippen LogP contribution is 2.40. The van der Waals surface area contributed by atoms with Crippen LogP contribution in [0.3, 0.4) is 0 Å². The lowest BCUT2D eigenvalue weighted by Gasteiger charge is -2.33. The summed E-state index contributed by atoms with van der Waals surface area (Å²) in [6.45, 7) is 5.89. The van der Waals surface area contributed by atoms with Crippen LogP contribution in [0.15, 0.2) is 42.6 Å². The van der Waals surface area contributed by atoms with Crippen molar-refractivity contribution in [1.29, 1.82) is 0 Å². The number of carbonyl (C=O) groups is 2. The SMILES string of the molecule is CCc1ccc(Oc2cnc3cc(F)ccc3n2)cc1C1C(=O)CC(C)(C)CC1=O. The molecule has 154 valence electrons. The molecule has 0 radical (unpaired) electrons. The van der Waals surface area contributed by atoms with Gasteiger partial charge in [0.1, 0.15) is 29.1 Å². The normalized spacial score (nSPS) is 16.8. The van der Waals surface area contributed by atoms with Crippen LogP contribution in [-0.4, -0.2) is 21.5 Å². The van der Waals surface area contributed by atoms with Gasteiger partial charge in [-0.05, 0) is 47.2 Å². The summed E-state index contributed by atoms with van der Waals surface area (Å²) in [5.74, 6) is -0.487. The number of hydrogen-bond acceptors (Lipinski definition) is 5. The molecule has 1 fully saturated rings. The topological polar surface area (TPSA) is 69.2 Å². The Labute approximate surface area is 174 Å². The van der Waals surface area contributed by atoms with E-state index in [1.807, 2.05) is 26.8 Å². The molecule has 1 aliphatic rings. The Hall–Kier alpha value is -3.15. The molecule has 2 aromatic carbocycles. The standard InChI is InChI=1S/C24H23FN2O3/c1-4-14-5-7-16(10-17(14)23-20(28)11-24(2,3)12-21(23)29)30-22-13-26-19-9-15(25)6-8-18(19)27-22/h5-10,13,23H,4,11-12H2,1-3H3. The first-order valence-corrected chi connectivity index (χ1v) is 10.0. The van der Waals surface area contributed by atoms with Gasteiger partial charge < -0.3 is 4.74 Å². The number of Topliss-reactive ketones (excluding diaryl/α,β-unsaturated/α-hetero) is 2. The molecule has 0 amide bonds. The monoisotopic (exact) mass is 406 g/mol. The van der Waals surface area contributed by atoms with Gasteiger partial charge >= 0.3 is 0 Å². The van der Waals surface area contributed by atoms with E-state index in [0.717, 1.165) is 5.56 Å². The lowest BCUT2D eigenvalue weighted by Crippen LogP contribution is -2.36. The Bertz CT molecular complexity index is 1140. The van der Waals surface area contributed by atoms with Crippen molar-refractivity contribution >= 4 is 22.6 Å². The van der Waals surface area contributed by atoms with Gasteiger partial charge in [-0.2, -0.15) is 0 Å². The lowest BCUT2D eigenvalue weighted by molar-refractivity contribution is -0.135. The van der Waals surface area contributed by atoms with E-state index in [0.29, 0.717) is 41.6 Å². The molecule has 4 rings (SSSR count). The average Bonchev–Trinajstić information content (AvgIpc) is 2.67. The molecule has 1 heterocycles. The highest BCUT2D eigenvalue weighted by Gasteiger charge is 2.41. The molecule has 1 saturated carbocycles. The third kappa shape index (κ3) is 3.95. The molecule has 0 saturated heterocycles. The van der Waals surface area contributed by atoms with E-state index in [-0.39, 0.29) is 28.7 Å². The molecule has 0 N–H and O–H groups in total. The summed E-state index contributed by atoms with van der Waals surface area (Å²) in [5, 5.41) is 0. The van der Waals surface area contributed by atoms with Crippen molar-refractivity contribution in [3.05, 3.63) is 59.5 Å². The molecule has 6 heteroatoms. The van der Waals surface area contributed by atoms with Crippen LogP contribution in [0.1, 0.15) is 50.7 Å². The summed E-state index contributed by atoms with van der Waals surface area (Å²) < 4.78 is 19.2. The van der Waals surface area contributed by atoms with Crippen LogP contribution in [0.2, 0.25) is 0 Å². The van der Waals surface area contributed by atoms with Crippen LogP contribution in [0.5, 0.6) is 11.6 Å². The fourth-order valence-corrected chi connectivity index (χ4v) is 4.10. The minimum absolute atomic E-state index is 0.0457. The summed E-state index contributed by atoms with van der Waals surface area (Å²) in [6.07, 6.45) is 2.89. The summed E-state index contributed by atoms with van der Waals surface area (Å²) in [4.78, 5) is 34.2. The van der Waals surface area contributed by atoms with Crippen LogP contribution < -0.4 is 4.74 Å². The first kappa shape index (κ1) is 20.1. The molecule has 0 spiro atoms. The fraction of sp³-hybridized carbons (Fsp3) is 0.333. The molecule has 0 aliphatic heterocycles. The molecule has 5 nitrogen and oxygen atoms in total. The number of hydrogen-bond donors (Lipinski definition) is 0. The predicted octanol–water partition coefficient (Wildman–Crippen LogP) is 5.17. The second-order valence-electron chi connectivity index (χ2n) is 8.54. The Morgan fingerprint density at radius 2 is 1.80 bits per heavy atom. The van der Waals surface area contributed by atoms with Gasteiger partial charge in [0.2, 0.25) is 5.88 Å². The van der Waals surface area contributed by atoms with E-state index >= 15 is 0 Å². The average molecular weight is 406 g/mol. The van der Waals surface area contributed by atoms with E-state index in [2.05, 4.69) is 9.97 Å². The molecular weight excluding hydrogens is 383 g/mol. The first-order chi connectivity index (χ1) is 14.3. The van der Waals surface area contributed by atoms with Gasteiger partial charge in [0.25, 0.3) is 0 Å². The maximum absolute atomic E-state index is 13.3. The van der Waals surface area contributed by atoms with Crippen LogP contribution in [0.25, 0.3) is 11.0 Å². The zero-order chi connectivity index (χ0) is 21.5. The number of ether oxygens (including phenoxy) is 1. The maximum Gasteiger partial charge on any atom is 0.238 e. The number of halogens is 1. The van der Waals surface area contributed by atoms with Crippen LogP contribution in [0.4, 0.5) is 4.39 Å². The number of aryl methyl sites for hydroxylation is 1. The third-order valence-corrected chi connectivity index (χ3v) is 5.46. The number of benzene rings is 2. The van der Waals surface area contributed by atoms with Crippen molar-refractivity contribution < 1.29 is 18.7 Å². The van der Waals surface area contributed by atoms with Crippen molar-refractivity contribution in [1.82, 2.24) is 9.97 Å². The molecule has 0 unspecified atom stereocenters. The molecule has 30 heavy (non-hydrogen) atoms. The molecule has 0 atom stereocenters. The van der Waals surface area contributed by atoms with Gasteiger partial charge in [0, 0.05) is 18.9 Å². The number of nitrogens with zero attached hydrogens (tertiary/aromatic N) is 2. The van der Waals surface area contributed by atoms with E-state index in [9.17, 15) is 14.0 Å². The van der Waals surface area contributed by atoms with Gasteiger partial charge in [-0.15, -0.1) is 0 Å². The van der Waals surface area contributed by atoms with Crippen LogP contribution in [-0.2, 0) is 16.0 Å². The summed E-state index contributed by atoms with van der Waals surface area (Å²) in [5.41, 5.74) is 2.31. The van der Waals surface area contributed by atoms with Crippen molar-refractivity contribution in [2.24, 2.45) is 5.41 Å². The van der Waals surface area contributed by atoms with Crippen molar-refractivity contribution in [2.75, 3.05) is 0 Å². The molecular formula is C24H23FN2O3. The predicted molar refractivity (Wildman–Crippen MR) is 111 cm³/mol. The maximum atomic E-state index is 13.3. The molecule has 0 bridgehead atoms. The highest BCUT2D eigenvalue weighted by atomic mass is 19.1. The second kappa shape index (κ2) is 7.59. The molecule has 1 aliphatic carbocycles. The third-order valence-electron chi connectivity index (χ3n) is 5.46. The highest BCUT2D eigenvalue weighted by molar-refractivity contribution is 6.10. The number of carbonyl (C=O) groups excluding carboxylic acids is 2. The van der Waals surface area contributed by atoms with Gasteiger partial charge in [0.15, 0.2) is 0 Å².